The molecule has 0 saturated carbocycles. The number of hydrogen-bond donors (Lipinski definition) is 2. The number of anilines is 1. The molecule has 0 aliphatic heterocycles. The molecule has 4 heteroatoms. The van der Waals surface area contributed by atoms with Crippen LogP contribution in [0.2, 0.25) is 0 Å². The predicted molar refractivity (Wildman–Crippen MR) is 85.7 cm³/mol. The van der Waals surface area contributed by atoms with Gasteiger partial charge in [0.1, 0.15) is 0 Å². The highest BCUT2D eigenvalue weighted by atomic mass is 32.1. The second-order valence-electron chi connectivity index (χ2n) is 4.93. The quantitative estimate of drug-likeness (QED) is 0.901. The van der Waals surface area contributed by atoms with Crippen LogP contribution in [0.1, 0.15) is 31.2 Å². The van der Waals surface area contributed by atoms with E-state index in [1.54, 1.807) is 11.3 Å². The third kappa shape index (κ3) is 3.20. The average Bonchev–Trinajstić information content (AvgIpc) is 2.75. The first kappa shape index (κ1) is 14.6. The molecule has 0 radical (unpaired) electrons. The second-order valence-corrected chi connectivity index (χ2v) is 6.27. The van der Waals surface area contributed by atoms with E-state index in [1.165, 1.54) is 15.3 Å². The van der Waals surface area contributed by atoms with Crippen LogP contribution in [0, 0.1) is 20.8 Å². The summed E-state index contributed by atoms with van der Waals surface area (Å²) in [4.78, 5) is 14.7. The van der Waals surface area contributed by atoms with E-state index in [4.69, 9.17) is 0 Å². The zero-order chi connectivity index (χ0) is 14.7. The van der Waals surface area contributed by atoms with E-state index in [0.29, 0.717) is 12.1 Å². The first-order valence-electron chi connectivity index (χ1n) is 6.63. The SMILES string of the molecule is CNc1cc(C)ccc1C(=O)NCc1cc(C)c(C)s1. The van der Waals surface area contributed by atoms with Crippen LogP contribution in [0.15, 0.2) is 24.3 Å². The summed E-state index contributed by atoms with van der Waals surface area (Å²) in [6.07, 6.45) is 0. The Balaban J connectivity index is 2.08. The summed E-state index contributed by atoms with van der Waals surface area (Å²) in [5.41, 5.74) is 3.96. The third-order valence-electron chi connectivity index (χ3n) is 3.33. The summed E-state index contributed by atoms with van der Waals surface area (Å²) >= 11 is 1.73. The van der Waals surface area contributed by atoms with Crippen LogP contribution in [0.5, 0.6) is 0 Å². The molecule has 2 aromatic rings. The van der Waals surface area contributed by atoms with Crippen molar-refractivity contribution in [3.05, 3.63) is 50.7 Å². The number of carbonyl (C=O) groups is 1. The predicted octanol–water partition coefficient (Wildman–Crippen LogP) is 3.65. The molecule has 0 aliphatic carbocycles. The smallest absolute Gasteiger partial charge is 0.253 e. The first-order valence-corrected chi connectivity index (χ1v) is 7.45. The van der Waals surface area contributed by atoms with Gasteiger partial charge in [-0.3, -0.25) is 4.79 Å². The number of nitrogens with one attached hydrogen (secondary N) is 2. The van der Waals surface area contributed by atoms with E-state index in [9.17, 15) is 4.79 Å². The van der Waals surface area contributed by atoms with Crippen LogP contribution in [-0.4, -0.2) is 13.0 Å². The van der Waals surface area contributed by atoms with E-state index >= 15 is 0 Å². The summed E-state index contributed by atoms with van der Waals surface area (Å²) in [6.45, 7) is 6.79. The van der Waals surface area contributed by atoms with Crippen LogP contribution in [0.3, 0.4) is 0 Å². The average molecular weight is 288 g/mol. The van der Waals surface area contributed by atoms with Gasteiger partial charge in [-0.25, -0.2) is 0 Å². The number of thiophene rings is 1. The summed E-state index contributed by atoms with van der Waals surface area (Å²) in [6, 6.07) is 7.93. The Morgan fingerprint density at radius 2 is 1.95 bits per heavy atom. The van der Waals surface area contributed by atoms with Crippen LogP contribution in [0.25, 0.3) is 0 Å². The van der Waals surface area contributed by atoms with Gasteiger partial charge in [0.25, 0.3) is 5.91 Å². The van der Waals surface area contributed by atoms with Crippen LogP contribution in [0.4, 0.5) is 5.69 Å². The molecule has 0 bridgehead atoms. The molecule has 0 aliphatic rings. The van der Waals surface area contributed by atoms with Crippen molar-refractivity contribution in [3.8, 4) is 0 Å². The molecule has 1 aromatic heterocycles. The highest BCUT2D eigenvalue weighted by Crippen LogP contribution is 2.21. The minimum Gasteiger partial charge on any atom is -0.387 e. The van der Waals surface area contributed by atoms with E-state index in [0.717, 1.165) is 11.3 Å². The Hall–Kier alpha value is -1.81. The highest BCUT2D eigenvalue weighted by molar-refractivity contribution is 7.12. The molecule has 0 atom stereocenters. The van der Waals surface area contributed by atoms with Crippen molar-refractivity contribution in [2.75, 3.05) is 12.4 Å². The van der Waals surface area contributed by atoms with Crippen LogP contribution in [-0.2, 0) is 6.54 Å². The molecule has 0 fully saturated rings. The normalized spacial score (nSPS) is 10.4. The van der Waals surface area contributed by atoms with Crippen molar-refractivity contribution >= 4 is 22.9 Å². The standard InChI is InChI=1S/C16H20N2OS/c1-10-5-6-14(15(7-10)17-4)16(19)18-9-13-8-11(2)12(3)20-13/h5-8,17H,9H2,1-4H3,(H,18,19). The van der Waals surface area contributed by atoms with Gasteiger partial charge < -0.3 is 10.6 Å². The van der Waals surface area contributed by atoms with Crippen LogP contribution >= 0.6 is 11.3 Å². The largest absolute Gasteiger partial charge is 0.387 e. The third-order valence-corrected chi connectivity index (χ3v) is 4.48. The van der Waals surface area contributed by atoms with E-state index < -0.39 is 0 Å². The van der Waals surface area contributed by atoms with Gasteiger partial charge in [-0.05, 0) is 50.1 Å². The molecule has 0 saturated heterocycles. The Kier molecular flexibility index (Phi) is 4.45. The van der Waals surface area contributed by atoms with Crippen molar-refractivity contribution in [1.82, 2.24) is 5.32 Å². The Labute approximate surface area is 124 Å². The molecule has 106 valence electrons. The lowest BCUT2D eigenvalue weighted by Gasteiger charge is -2.10. The lowest BCUT2D eigenvalue weighted by Crippen LogP contribution is -2.23. The summed E-state index contributed by atoms with van der Waals surface area (Å²) in [7, 11) is 1.83. The number of benzene rings is 1. The van der Waals surface area contributed by atoms with Gasteiger partial charge >= 0.3 is 0 Å². The molecule has 20 heavy (non-hydrogen) atoms. The molecule has 0 unspecified atom stereocenters. The fourth-order valence-corrected chi connectivity index (χ4v) is 3.06. The zero-order valence-electron chi connectivity index (χ0n) is 12.3. The van der Waals surface area contributed by atoms with Gasteiger partial charge in [0.05, 0.1) is 12.1 Å². The summed E-state index contributed by atoms with van der Waals surface area (Å²) in [5.74, 6) is -0.0435. The topological polar surface area (TPSA) is 41.1 Å². The van der Waals surface area contributed by atoms with Crippen molar-refractivity contribution in [1.29, 1.82) is 0 Å². The molecule has 2 N–H and O–H groups in total. The lowest BCUT2D eigenvalue weighted by molar-refractivity contribution is 0.0952. The van der Waals surface area contributed by atoms with Crippen LogP contribution < -0.4 is 10.6 Å². The molecule has 1 heterocycles. The van der Waals surface area contributed by atoms with Gasteiger partial charge in [-0.2, -0.15) is 0 Å². The minimum atomic E-state index is -0.0435. The first-order chi connectivity index (χ1) is 9.51. The number of aryl methyl sites for hydroxylation is 3. The maximum absolute atomic E-state index is 12.3. The van der Waals surface area contributed by atoms with Crippen molar-refractivity contribution < 1.29 is 4.79 Å². The van der Waals surface area contributed by atoms with Crippen molar-refractivity contribution in [3.63, 3.8) is 0 Å². The molecule has 2 rings (SSSR count). The van der Waals surface area contributed by atoms with E-state index in [1.807, 2.05) is 32.2 Å². The number of carbonyl (C=O) groups excluding carboxylic acids is 1. The van der Waals surface area contributed by atoms with Crippen molar-refractivity contribution in [2.45, 2.75) is 27.3 Å². The van der Waals surface area contributed by atoms with Gasteiger partial charge in [-0.1, -0.05) is 6.07 Å². The zero-order valence-corrected chi connectivity index (χ0v) is 13.1. The van der Waals surface area contributed by atoms with Gasteiger partial charge in [0, 0.05) is 22.5 Å². The molecule has 1 aromatic carbocycles. The van der Waals surface area contributed by atoms with Gasteiger partial charge in [0.2, 0.25) is 0 Å². The molecule has 0 spiro atoms. The van der Waals surface area contributed by atoms with E-state index in [2.05, 4.69) is 30.5 Å². The Bertz CT molecular complexity index is 612. The fourth-order valence-electron chi connectivity index (χ4n) is 2.06. The maximum Gasteiger partial charge on any atom is 0.253 e. The summed E-state index contributed by atoms with van der Waals surface area (Å²) in [5, 5.41) is 6.05. The Morgan fingerprint density at radius 3 is 2.55 bits per heavy atom. The van der Waals surface area contributed by atoms with Gasteiger partial charge in [-0.15, -0.1) is 11.3 Å². The number of rotatable bonds is 4. The number of amides is 1. The molecule has 3 nitrogen and oxygen atoms in total. The van der Waals surface area contributed by atoms with E-state index in [-0.39, 0.29) is 5.91 Å². The molecular formula is C16H20N2OS. The number of hydrogen-bond acceptors (Lipinski definition) is 3. The monoisotopic (exact) mass is 288 g/mol. The minimum absolute atomic E-state index is 0.0435. The fraction of sp³-hybridized carbons (Fsp3) is 0.312. The Morgan fingerprint density at radius 1 is 1.20 bits per heavy atom. The van der Waals surface area contributed by atoms with Gasteiger partial charge in [0.15, 0.2) is 0 Å². The molecular weight excluding hydrogens is 268 g/mol. The second kappa shape index (κ2) is 6.09. The lowest BCUT2D eigenvalue weighted by atomic mass is 10.1. The summed E-state index contributed by atoms with van der Waals surface area (Å²) < 4.78 is 0. The maximum atomic E-state index is 12.3. The highest BCUT2D eigenvalue weighted by Gasteiger charge is 2.11. The van der Waals surface area contributed by atoms with Crippen molar-refractivity contribution in [2.24, 2.45) is 0 Å². The molecule has 1 amide bonds.